The summed E-state index contributed by atoms with van der Waals surface area (Å²) in [6, 6.07) is 0. The first-order valence-electron chi connectivity index (χ1n) is 5.04. The van der Waals surface area contributed by atoms with Crippen molar-refractivity contribution in [2.24, 2.45) is 11.3 Å². The molecule has 0 aromatic heterocycles. The van der Waals surface area contributed by atoms with Gasteiger partial charge in [-0.15, -0.1) is 0 Å². The second kappa shape index (κ2) is 3.59. The minimum absolute atomic E-state index is 0.320. The van der Waals surface area contributed by atoms with E-state index >= 15 is 0 Å². The van der Waals surface area contributed by atoms with Crippen molar-refractivity contribution in [1.29, 1.82) is 0 Å². The Morgan fingerprint density at radius 1 is 1.33 bits per heavy atom. The summed E-state index contributed by atoms with van der Waals surface area (Å²) >= 11 is 0. The van der Waals surface area contributed by atoms with Crippen molar-refractivity contribution in [1.82, 2.24) is 0 Å². The third-order valence-corrected chi connectivity index (χ3v) is 3.09. The van der Waals surface area contributed by atoms with Crippen LogP contribution in [0.25, 0.3) is 0 Å². The van der Waals surface area contributed by atoms with E-state index in [1.54, 1.807) is 0 Å². The maximum absolute atomic E-state index is 11.5. The molecule has 1 nitrogen and oxygen atoms in total. The van der Waals surface area contributed by atoms with Crippen LogP contribution in [-0.2, 0) is 4.79 Å². The molecule has 1 aliphatic carbocycles. The first-order chi connectivity index (χ1) is 5.51. The maximum atomic E-state index is 11.5. The molecular formula is C11H20O. The lowest BCUT2D eigenvalue weighted by molar-refractivity contribution is -0.123. The second-order valence-corrected chi connectivity index (χ2v) is 4.92. The Kier molecular flexibility index (Phi) is 2.92. The van der Waals surface area contributed by atoms with Crippen LogP contribution in [0.2, 0.25) is 0 Å². The molecule has 0 N–H and O–H groups in total. The molecule has 0 heterocycles. The zero-order valence-corrected chi connectivity index (χ0v) is 8.52. The van der Waals surface area contributed by atoms with Gasteiger partial charge < -0.3 is 0 Å². The quantitative estimate of drug-likeness (QED) is 0.543. The Labute approximate surface area is 75.5 Å². The summed E-state index contributed by atoms with van der Waals surface area (Å²) in [7, 11) is 0. The van der Waals surface area contributed by atoms with Gasteiger partial charge in [0.25, 0.3) is 0 Å². The van der Waals surface area contributed by atoms with Gasteiger partial charge in [0.05, 0.1) is 0 Å². The van der Waals surface area contributed by atoms with Gasteiger partial charge >= 0.3 is 0 Å². The van der Waals surface area contributed by atoms with Crippen molar-refractivity contribution in [3.05, 3.63) is 0 Å². The number of carbonyl (C=O) groups is 1. The molecule has 1 atom stereocenters. The third-order valence-electron chi connectivity index (χ3n) is 3.09. The first kappa shape index (κ1) is 9.76. The van der Waals surface area contributed by atoms with E-state index in [1.807, 2.05) is 0 Å². The number of ketones is 1. The van der Waals surface area contributed by atoms with Gasteiger partial charge in [0.15, 0.2) is 0 Å². The summed E-state index contributed by atoms with van der Waals surface area (Å²) in [5, 5.41) is 0. The van der Waals surface area contributed by atoms with Gasteiger partial charge in [-0.3, -0.25) is 4.79 Å². The monoisotopic (exact) mass is 168 g/mol. The molecule has 0 amide bonds. The first-order valence-corrected chi connectivity index (χ1v) is 5.04. The summed E-state index contributed by atoms with van der Waals surface area (Å²) in [5.74, 6) is 0.795. The van der Waals surface area contributed by atoms with E-state index in [9.17, 15) is 4.79 Å². The lowest BCUT2D eigenvalue weighted by Crippen LogP contribution is -2.21. The highest BCUT2D eigenvalue weighted by Crippen LogP contribution is 2.33. The Morgan fingerprint density at radius 3 is 2.67 bits per heavy atom. The molecule has 0 spiro atoms. The summed E-state index contributed by atoms with van der Waals surface area (Å²) in [6.07, 6.45) is 5.48. The van der Waals surface area contributed by atoms with Crippen LogP contribution in [-0.4, -0.2) is 5.78 Å². The largest absolute Gasteiger partial charge is 0.299 e. The average Bonchev–Trinajstić information content (AvgIpc) is 1.98. The number of Topliss-reactive ketones (excluding diaryl/α,β-unsaturated/α-hetero) is 1. The molecule has 0 bridgehead atoms. The lowest BCUT2D eigenvalue weighted by Gasteiger charge is -2.28. The van der Waals surface area contributed by atoms with Crippen molar-refractivity contribution in [2.75, 3.05) is 0 Å². The highest BCUT2D eigenvalue weighted by atomic mass is 16.1. The molecule has 1 fully saturated rings. The zero-order valence-electron chi connectivity index (χ0n) is 8.52. The Balaban J connectivity index is 2.52. The van der Waals surface area contributed by atoms with Crippen LogP contribution >= 0.6 is 0 Å². The number of carbonyl (C=O) groups excluding carboxylic acids is 1. The molecule has 0 aromatic rings. The highest BCUT2D eigenvalue weighted by Gasteiger charge is 2.24. The molecule has 0 aliphatic heterocycles. The van der Waals surface area contributed by atoms with Crippen molar-refractivity contribution < 1.29 is 4.79 Å². The van der Waals surface area contributed by atoms with E-state index in [0.29, 0.717) is 17.1 Å². The lowest BCUT2D eigenvalue weighted by atomic mass is 9.77. The maximum Gasteiger partial charge on any atom is 0.135 e. The van der Waals surface area contributed by atoms with E-state index in [2.05, 4.69) is 20.8 Å². The fourth-order valence-electron chi connectivity index (χ4n) is 1.88. The summed E-state index contributed by atoms with van der Waals surface area (Å²) in [6.45, 7) is 6.62. The fraction of sp³-hybridized carbons (Fsp3) is 0.909. The van der Waals surface area contributed by atoms with E-state index < -0.39 is 0 Å². The molecule has 1 saturated carbocycles. The van der Waals surface area contributed by atoms with Gasteiger partial charge in [0.1, 0.15) is 5.78 Å². The van der Waals surface area contributed by atoms with Gasteiger partial charge in [0, 0.05) is 12.3 Å². The normalized spacial score (nSPS) is 30.9. The molecule has 1 unspecified atom stereocenters. The van der Waals surface area contributed by atoms with E-state index in [0.717, 1.165) is 19.3 Å². The van der Waals surface area contributed by atoms with Gasteiger partial charge in [-0.2, -0.15) is 0 Å². The van der Waals surface area contributed by atoms with Crippen molar-refractivity contribution in [2.45, 2.75) is 52.9 Å². The molecular weight excluding hydrogens is 148 g/mol. The van der Waals surface area contributed by atoms with Crippen molar-refractivity contribution >= 4 is 5.78 Å². The standard InChI is InChI=1S/C11H20O/c1-9-5-4-7-11(2,3)8-6-10(9)12/h9H,4-8H2,1-3H3. The molecule has 0 aromatic carbocycles. The molecule has 0 radical (unpaired) electrons. The molecule has 0 saturated heterocycles. The van der Waals surface area contributed by atoms with Crippen LogP contribution in [0.3, 0.4) is 0 Å². The predicted molar refractivity (Wildman–Crippen MR) is 51.0 cm³/mol. The van der Waals surface area contributed by atoms with Crippen LogP contribution < -0.4 is 0 Å². The molecule has 70 valence electrons. The Morgan fingerprint density at radius 2 is 2.00 bits per heavy atom. The fourth-order valence-corrected chi connectivity index (χ4v) is 1.88. The number of rotatable bonds is 0. The number of hydrogen-bond donors (Lipinski definition) is 0. The van der Waals surface area contributed by atoms with E-state index in [1.165, 1.54) is 12.8 Å². The molecule has 1 rings (SSSR count). The minimum Gasteiger partial charge on any atom is -0.299 e. The topological polar surface area (TPSA) is 17.1 Å². The minimum atomic E-state index is 0.320. The molecule has 12 heavy (non-hydrogen) atoms. The molecule has 1 heteroatoms. The van der Waals surface area contributed by atoms with Gasteiger partial charge in [-0.1, -0.05) is 27.2 Å². The highest BCUT2D eigenvalue weighted by molar-refractivity contribution is 5.80. The second-order valence-electron chi connectivity index (χ2n) is 4.92. The van der Waals surface area contributed by atoms with E-state index in [-0.39, 0.29) is 0 Å². The van der Waals surface area contributed by atoms with Crippen molar-refractivity contribution in [3.8, 4) is 0 Å². The average molecular weight is 168 g/mol. The number of hydrogen-bond acceptors (Lipinski definition) is 1. The molecule has 1 aliphatic rings. The summed E-state index contributed by atoms with van der Waals surface area (Å²) in [5.41, 5.74) is 0.399. The van der Waals surface area contributed by atoms with Crippen LogP contribution in [0, 0.1) is 11.3 Å². The van der Waals surface area contributed by atoms with E-state index in [4.69, 9.17) is 0 Å². The van der Waals surface area contributed by atoms with Crippen LogP contribution in [0.1, 0.15) is 52.9 Å². The SMILES string of the molecule is CC1CCCC(C)(C)CCC1=O. The predicted octanol–water partition coefficient (Wildman–Crippen LogP) is 3.18. The zero-order chi connectivity index (χ0) is 9.19. The van der Waals surface area contributed by atoms with Gasteiger partial charge in [0.2, 0.25) is 0 Å². The van der Waals surface area contributed by atoms with Crippen LogP contribution in [0.5, 0.6) is 0 Å². The van der Waals surface area contributed by atoms with Gasteiger partial charge in [-0.05, 0) is 24.7 Å². The van der Waals surface area contributed by atoms with Gasteiger partial charge in [-0.25, -0.2) is 0 Å². The summed E-state index contributed by atoms with van der Waals surface area (Å²) < 4.78 is 0. The smallest absolute Gasteiger partial charge is 0.135 e. The van der Waals surface area contributed by atoms with Crippen LogP contribution in [0.4, 0.5) is 0 Å². The Hall–Kier alpha value is -0.330. The third kappa shape index (κ3) is 2.62. The summed E-state index contributed by atoms with van der Waals surface area (Å²) in [4.78, 5) is 11.5. The van der Waals surface area contributed by atoms with Crippen molar-refractivity contribution in [3.63, 3.8) is 0 Å². The Bertz CT molecular complexity index is 170. The van der Waals surface area contributed by atoms with Crippen LogP contribution in [0.15, 0.2) is 0 Å².